The summed E-state index contributed by atoms with van der Waals surface area (Å²) < 4.78 is 59.4. The van der Waals surface area contributed by atoms with Crippen LogP contribution in [-0.2, 0) is 6.18 Å². The van der Waals surface area contributed by atoms with Gasteiger partial charge in [-0.25, -0.2) is 14.4 Å². The second kappa shape index (κ2) is 8.47. The van der Waals surface area contributed by atoms with Gasteiger partial charge in [0.25, 0.3) is 11.1 Å². The lowest BCUT2D eigenvalue weighted by Gasteiger charge is -2.12. The summed E-state index contributed by atoms with van der Waals surface area (Å²) in [6.45, 7) is 1.60. The third-order valence-corrected chi connectivity index (χ3v) is 5.76. The summed E-state index contributed by atoms with van der Waals surface area (Å²) in [6.07, 6.45) is -4.72. The Morgan fingerprint density at radius 2 is 1.91 bits per heavy atom. The standard InChI is InChI=1S/C21H12BrF4N3O2S/c1-10-19(32-20(27-10)31-13-4-2-3-12(23)8-13)29-18(30)15-9-17(21(24,25)26)28-16-6-5-11(22)7-14(15)16/h2-9H,1H3,(H,29,30). The van der Waals surface area contributed by atoms with Gasteiger partial charge < -0.3 is 10.1 Å². The highest BCUT2D eigenvalue weighted by Crippen LogP contribution is 2.35. The van der Waals surface area contributed by atoms with E-state index in [-0.39, 0.29) is 32.4 Å². The Morgan fingerprint density at radius 1 is 1.12 bits per heavy atom. The highest BCUT2D eigenvalue weighted by Gasteiger charge is 2.34. The highest BCUT2D eigenvalue weighted by atomic mass is 79.9. The number of nitrogens with one attached hydrogen (secondary N) is 1. The number of aryl methyl sites for hydroxylation is 1. The zero-order valence-electron chi connectivity index (χ0n) is 16.1. The first kappa shape index (κ1) is 22.2. The SMILES string of the molecule is Cc1nc(Oc2cccc(F)c2)sc1NC(=O)c1cc(C(F)(F)F)nc2ccc(Br)cc12. The molecule has 0 spiro atoms. The van der Waals surface area contributed by atoms with Gasteiger partial charge in [-0.05, 0) is 43.3 Å². The summed E-state index contributed by atoms with van der Waals surface area (Å²) in [4.78, 5) is 20.8. The number of carbonyl (C=O) groups is 1. The number of benzene rings is 2. The van der Waals surface area contributed by atoms with Gasteiger partial charge in [0.15, 0.2) is 0 Å². The Hall–Kier alpha value is -3.05. The molecule has 0 saturated carbocycles. The molecule has 2 heterocycles. The van der Waals surface area contributed by atoms with Gasteiger partial charge in [-0.1, -0.05) is 33.3 Å². The summed E-state index contributed by atoms with van der Waals surface area (Å²) >= 11 is 4.23. The zero-order valence-corrected chi connectivity index (χ0v) is 18.5. The Labute approximate surface area is 191 Å². The molecule has 2 aromatic heterocycles. The van der Waals surface area contributed by atoms with Crippen LogP contribution in [0.25, 0.3) is 10.9 Å². The van der Waals surface area contributed by atoms with E-state index in [2.05, 4.69) is 31.2 Å². The van der Waals surface area contributed by atoms with Crippen LogP contribution in [0.5, 0.6) is 10.9 Å². The molecule has 0 bridgehead atoms. The van der Waals surface area contributed by atoms with Crippen molar-refractivity contribution >= 4 is 49.1 Å². The minimum absolute atomic E-state index is 0.0318. The van der Waals surface area contributed by atoms with Gasteiger partial charge in [-0.15, -0.1) is 0 Å². The van der Waals surface area contributed by atoms with Gasteiger partial charge in [0, 0.05) is 15.9 Å². The normalized spacial score (nSPS) is 11.6. The van der Waals surface area contributed by atoms with E-state index in [1.807, 2.05) is 0 Å². The van der Waals surface area contributed by atoms with Gasteiger partial charge in [0.1, 0.15) is 22.3 Å². The van der Waals surface area contributed by atoms with E-state index < -0.39 is 23.6 Å². The maximum absolute atomic E-state index is 13.3. The maximum atomic E-state index is 13.3. The number of thiazole rings is 1. The van der Waals surface area contributed by atoms with Crippen molar-refractivity contribution < 1.29 is 27.1 Å². The quantitative estimate of drug-likeness (QED) is 0.292. The van der Waals surface area contributed by atoms with Crippen molar-refractivity contribution in [2.24, 2.45) is 0 Å². The molecule has 0 aliphatic rings. The van der Waals surface area contributed by atoms with Crippen LogP contribution in [0.1, 0.15) is 21.7 Å². The predicted molar refractivity (Wildman–Crippen MR) is 116 cm³/mol. The van der Waals surface area contributed by atoms with Crippen LogP contribution in [-0.4, -0.2) is 15.9 Å². The van der Waals surface area contributed by atoms with E-state index in [9.17, 15) is 22.4 Å². The van der Waals surface area contributed by atoms with Gasteiger partial charge in [-0.3, -0.25) is 4.79 Å². The lowest BCUT2D eigenvalue weighted by molar-refractivity contribution is -0.140. The number of pyridine rings is 1. The third kappa shape index (κ3) is 4.73. The molecule has 0 aliphatic heterocycles. The number of rotatable bonds is 4. The van der Waals surface area contributed by atoms with Crippen molar-refractivity contribution in [1.82, 2.24) is 9.97 Å². The zero-order chi connectivity index (χ0) is 23.0. The average molecular weight is 526 g/mol. The van der Waals surface area contributed by atoms with Crippen LogP contribution in [0, 0.1) is 12.7 Å². The van der Waals surface area contributed by atoms with Crippen LogP contribution in [0.4, 0.5) is 22.6 Å². The molecule has 0 fully saturated rings. The number of nitrogens with zero attached hydrogens (tertiary/aromatic N) is 2. The molecule has 11 heteroatoms. The second-order valence-electron chi connectivity index (χ2n) is 6.62. The average Bonchev–Trinajstić information content (AvgIpc) is 3.04. The van der Waals surface area contributed by atoms with Crippen molar-refractivity contribution in [3.05, 3.63) is 75.8 Å². The number of fused-ring (bicyclic) bond motifs is 1. The molecule has 2 aromatic carbocycles. The minimum atomic E-state index is -4.72. The van der Waals surface area contributed by atoms with Gasteiger partial charge in [0.05, 0.1) is 16.8 Å². The van der Waals surface area contributed by atoms with E-state index in [1.54, 1.807) is 13.0 Å². The fourth-order valence-electron chi connectivity index (χ4n) is 2.86. The third-order valence-electron chi connectivity index (χ3n) is 4.31. The molecule has 1 amide bonds. The predicted octanol–water partition coefficient (Wildman–Crippen LogP) is 6.96. The first-order chi connectivity index (χ1) is 15.1. The molecular weight excluding hydrogens is 514 g/mol. The number of amides is 1. The molecular formula is C21H12BrF4N3O2S. The number of ether oxygens (including phenoxy) is 1. The number of aromatic nitrogens is 2. The monoisotopic (exact) mass is 525 g/mol. The topological polar surface area (TPSA) is 64.1 Å². The van der Waals surface area contributed by atoms with Crippen LogP contribution in [0.15, 0.2) is 53.0 Å². The lowest BCUT2D eigenvalue weighted by Crippen LogP contribution is -2.16. The number of hydrogen-bond donors (Lipinski definition) is 1. The molecule has 0 aliphatic carbocycles. The molecule has 4 aromatic rings. The number of anilines is 1. The van der Waals surface area contributed by atoms with Gasteiger partial charge in [-0.2, -0.15) is 13.2 Å². The van der Waals surface area contributed by atoms with E-state index in [0.29, 0.717) is 16.2 Å². The molecule has 0 unspecified atom stereocenters. The molecule has 0 saturated heterocycles. The number of halogens is 5. The van der Waals surface area contributed by atoms with Crippen molar-refractivity contribution in [3.8, 4) is 10.9 Å². The molecule has 0 radical (unpaired) electrons. The molecule has 32 heavy (non-hydrogen) atoms. The molecule has 164 valence electrons. The number of carbonyl (C=O) groups excluding carboxylic acids is 1. The van der Waals surface area contributed by atoms with Crippen LogP contribution in [0.3, 0.4) is 0 Å². The lowest BCUT2D eigenvalue weighted by atomic mass is 10.1. The smallest absolute Gasteiger partial charge is 0.431 e. The highest BCUT2D eigenvalue weighted by molar-refractivity contribution is 9.10. The minimum Gasteiger partial charge on any atom is -0.431 e. The Bertz CT molecular complexity index is 1340. The van der Waals surface area contributed by atoms with E-state index in [4.69, 9.17) is 4.74 Å². The molecule has 1 N–H and O–H groups in total. The maximum Gasteiger partial charge on any atom is 0.433 e. The van der Waals surface area contributed by atoms with Gasteiger partial charge >= 0.3 is 6.18 Å². The number of hydrogen-bond acceptors (Lipinski definition) is 5. The number of alkyl halides is 3. The summed E-state index contributed by atoms with van der Waals surface area (Å²) in [5.41, 5.74) is -0.938. The molecule has 0 atom stereocenters. The summed E-state index contributed by atoms with van der Waals surface area (Å²) in [5.74, 6) is -1.03. The van der Waals surface area contributed by atoms with Gasteiger partial charge in [0.2, 0.25) is 0 Å². The van der Waals surface area contributed by atoms with Crippen molar-refractivity contribution in [2.75, 3.05) is 5.32 Å². The van der Waals surface area contributed by atoms with Crippen LogP contribution in [0.2, 0.25) is 0 Å². The van der Waals surface area contributed by atoms with Crippen LogP contribution >= 0.6 is 27.3 Å². The van der Waals surface area contributed by atoms with E-state index in [0.717, 1.165) is 11.3 Å². The van der Waals surface area contributed by atoms with Crippen molar-refractivity contribution in [2.45, 2.75) is 13.1 Å². The van der Waals surface area contributed by atoms with Crippen molar-refractivity contribution in [3.63, 3.8) is 0 Å². The van der Waals surface area contributed by atoms with Crippen LogP contribution < -0.4 is 10.1 Å². The van der Waals surface area contributed by atoms with E-state index in [1.165, 1.54) is 36.4 Å². The fraction of sp³-hybridized carbons (Fsp3) is 0.0952. The fourth-order valence-corrected chi connectivity index (χ4v) is 4.06. The molecule has 4 rings (SSSR count). The second-order valence-corrected chi connectivity index (χ2v) is 8.50. The Kier molecular flexibility index (Phi) is 5.87. The summed E-state index contributed by atoms with van der Waals surface area (Å²) in [7, 11) is 0. The Balaban J connectivity index is 1.67. The van der Waals surface area contributed by atoms with Crippen molar-refractivity contribution in [1.29, 1.82) is 0 Å². The Morgan fingerprint density at radius 3 is 2.62 bits per heavy atom. The summed E-state index contributed by atoms with van der Waals surface area (Å²) in [5, 5.41) is 3.27. The largest absolute Gasteiger partial charge is 0.433 e. The first-order valence-corrected chi connectivity index (χ1v) is 10.6. The first-order valence-electron chi connectivity index (χ1n) is 9.00. The van der Waals surface area contributed by atoms with E-state index >= 15 is 0 Å². The molecule has 5 nitrogen and oxygen atoms in total. The summed E-state index contributed by atoms with van der Waals surface area (Å²) in [6, 6.07) is 10.6.